The van der Waals surface area contributed by atoms with Crippen molar-refractivity contribution in [1.82, 2.24) is 0 Å². The van der Waals surface area contributed by atoms with E-state index in [1.165, 1.54) is 32.1 Å². The lowest BCUT2D eigenvalue weighted by Crippen LogP contribution is -2.95. The monoisotopic (exact) mass is 831 g/mol. The molecule has 15 heteroatoms. The molecule has 3 saturated carbocycles. The molecule has 3 heterocycles. The Kier molecular flexibility index (Phi) is 15.5. The number of quaternary nitrogens is 1. The van der Waals surface area contributed by atoms with E-state index in [2.05, 4.69) is 31.0 Å². The number of nitrogens with zero attached hydrogens (tertiary/aromatic N) is 1. The van der Waals surface area contributed by atoms with Gasteiger partial charge in [0, 0.05) is 18.8 Å². The van der Waals surface area contributed by atoms with Crippen molar-refractivity contribution in [1.29, 1.82) is 0 Å². The van der Waals surface area contributed by atoms with Crippen LogP contribution < -0.4 is 16.2 Å². The molecule has 0 aromatic heterocycles. The van der Waals surface area contributed by atoms with E-state index in [0.717, 1.165) is 12.0 Å². The summed E-state index contributed by atoms with van der Waals surface area (Å²) in [5, 5.41) is 70.9. The Labute approximate surface area is 347 Å². The van der Waals surface area contributed by atoms with Crippen molar-refractivity contribution in [3.8, 4) is 0 Å². The first-order chi connectivity index (χ1) is 28.2. The van der Waals surface area contributed by atoms with Crippen LogP contribution in [0.15, 0.2) is 28.8 Å². The zero-order valence-electron chi connectivity index (χ0n) is 34.7. The molecule has 3 aliphatic heterocycles. The molecule has 0 bridgehead atoms. The zero-order valence-corrected chi connectivity index (χ0v) is 34.7. The van der Waals surface area contributed by atoms with Crippen LogP contribution in [0.3, 0.4) is 0 Å². The van der Waals surface area contributed by atoms with E-state index in [1.807, 2.05) is 12.3 Å². The van der Waals surface area contributed by atoms with Crippen molar-refractivity contribution in [2.45, 2.75) is 164 Å². The van der Waals surface area contributed by atoms with Crippen molar-refractivity contribution in [2.75, 3.05) is 13.1 Å². The summed E-state index contributed by atoms with van der Waals surface area (Å²) in [6.45, 7) is 6.21. The maximum atomic E-state index is 12.8. The third kappa shape index (κ3) is 9.99. The van der Waals surface area contributed by atoms with E-state index in [-0.39, 0.29) is 36.4 Å². The quantitative estimate of drug-likeness (QED) is 0.0426. The average molecular weight is 832 g/mol. The number of aliphatic carboxylic acids is 1. The van der Waals surface area contributed by atoms with E-state index in [0.29, 0.717) is 63.3 Å². The van der Waals surface area contributed by atoms with Gasteiger partial charge in [-0.25, -0.2) is 0 Å². The molecule has 0 aromatic carbocycles. The Bertz CT molecular complexity index is 1540. The van der Waals surface area contributed by atoms with E-state index in [1.54, 1.807) is 11.9 Å². The van der Waals surface area contributed by atoms with Gasteiger partial charge in [0.25, 0.3) is 5.91 Å². The van der Waals surface area contributed by atoms with Gasteiger partial charge in [-0.2, -0.15) is 0 Å². The second-order valence-electron chi connectivity index (χ2n) is 18.6. The Balaban J connectivity index is 1.17. The first kappa shape index (κ1) is 45.8. The molecule has 2 saturated heterocycles. The van der Waals surface area contributed by atoms with Crippen LogP contribution >= 0.6 is 0 Å². The van der Waals surface area contributed by atoms with Gasteiger partial charge >= 0.3 is 0 Å². The van der Waals surface area contributed by atoms with E-state index < -0.39 is 84.6 Å². The second kappa shape index (κ2) is 20.0. The van der Waals surface area contributed by atoms with Crippen molar-refractivity contribution >= 4 is 24.4 Å². The molecule has 0 spiro atoms. The molecule has 8 unspecified atom stereocenters. The molecule has 15 atom stereocenters. The van der Waals surface area contributed by atoms with Crippen LogP contribution in [-0.4, -0.2) is 128 Å². The zero-order chi connectivity index (χ0) is 42.5. The normalized spacial score (nSPS) is 42.4. The summed E-state index contributed by atoms with van der Waals surface area (Å²) in [5.41, 5.74) is 1.25. The minimum atomic E-state index is -3.02. The highest BCUT2D eigenvalue weighted by Crippen LogP contribution is 2.46. The number of carboxylic acid groups (broad SMARTS) is 1. The maximum absolute atomic E-state index is 12.8. The number of nitrogens with two attached hydrogens (primary N) is 2. The van der Waals surface area contributed by atoms with Crippen molar-refractivity contribution < 1.29 is 64.6 Å². The number of primary amides is 1. The molecular weight excluding hydrogens is 762 g/mol. The number of carbonyl (C=O) groups is 3. The lowest BCUT2D eigenvalue weighted by Gasteiger charge is -2.53. The van der Waals surface area contributed by atoms with Gasteiger partial charge in [-0.05, 0) is 81.5 Å². The van der Waals surface area contributed by atoms with Crippen molar-refractivity contribution in [3.63, 3.8) is 0 Å². The van der Waals surface area contributed by atoms with Crippen molar-refractivity contribution in [3.05, 3.63) is 30.3 Å². The number of aliphatic hydroxyl groups excluding tert-OH is 3. The molecule has 1 amide bonds. The number of hydrogen-bond donors (Lipinski definition) is 7. The molecular formula is C44H69N3O12+2. The number of ether oxygens (including phenoxy) is 3. The summed E-state index contributed by atoms with van der Waals surface area (Å²) in [6, 6.07) is 0. The van der Waals surface area contributed by atoms with Gasteiger partial charge < -0.3 is 60.7 Å². The number of hydrogen-bond acceptors (Lipinski definition) is 12. The molecule has 0 aromatic rings. The number of aliphatic imine (C=N–C) groups is 1. The summed E-state index contributed by atoms with van der Waals surface area (Å²) >= 11 is 0. The van der Waals surface area contributed by atoms with Gasteiger partial charge in [0.15, 0.2) is 30.5 Å². The lowest BCUT2D eigenvalue weighted by atomic mass is 9.66. The van der Waals surface area contributed by atoms with Crippen molar-refractivity contribution in [2.24, 2.45) is 52.2 Å². The molecule has 59 heavy (non-hydrogen) atoms. The van der Waals surface area contributed by atoms with Crippen LogP contribution in [-0.2, 0) is 23.9 Å². The van der Waals surface area contributed by atoms with Gasteiger partial charge in [0.1, 0.15) is 30.9 Å². The number of carboxylic acids is 1. The summed E-state index contributed by atoms with van der Waals surface area (Å²) < 4.78 is 16.8. The molecule has 5 fully saturated rings. The highest BCUT2D eigenvalue weighted by molar-refractivity contribution is 5.82. The van der Waals surface area contributed by atoms with Crippen LogP contribution in [0.25, 0.3) is 0 Å². The van der Waals surface area contributed by atoms with E-state index in [4.69, 9.17) is 19.9 Å². The number of aldehydes is 1. The molecule has 15 nitrogen and oxygen atoms in total. The van der Waals surface area contributed by atoms with Crippen LogP contribution in [0.1, 0.15) is 104 Å². The number of aliphatic hydroxyl groups is 7. The fourth-order valence-corrected chi connectivity index (χ4v) is 11.3. The predicted molar refractivity (Wildman–Crippen MR) is 214 cm³/mol. The first-order valence-corrected chi connectivity index (χ1v) is 22.2. The largest absolute Gasteiger partial charge is 0.547 e. The number of carbonyl (C=O) groups excluding carboxylic acids is 3. The Morgan fingerprint density at radius 2 is 1.88 bits per heavy atom. The van der Waals surface area contributed by atoms with E-state index in [9.17, 15) is 45.0 Å². The number of allylic oxidation sites excluding steroid dienone is 3. The summed E-state index contributed by atoms with van der Waals surface area (Å²) in [4.78, 5) is 41.9. The molecule has 10 N–H and O–H groups in total. The fraction of sp³-hybridized carbons (Fsp3) is 0.795. The van der Waals surface area contributed by atoms with Crippen LogP contribution in [0.4, 0.5) is 0 Å². The SMILES string of the molecule is CCC1CCCCC1C=CC[C@H](C)[C@H](C[NH2+]C[C@@]1(O)[C@H](OC2CCC3C(C2)[OH+]C(C(N)=O)C(C2CCC(O)CC2)C3O)O[C@H](C(=O)[O-])[C@@H](O)[C@@]1(O)C=O)CC1=C[CH+]N=C1. The van der Waals surface area contributed by atoms with Crippen LogP contribution in [0.2, 0.25) is 0 Å². The number of rotatable bonds is 17. The Hall–Kier alpha value is -2.73. The average Bonchev–Trinajstić information content (AvgIpc) is 3.74. The molecule has 0 radical (unpaired) electrons. The highest BCUT2D eigenvalue weighted by atomic mass is 16.7. The Morgan fingerprint density at radius 3 is 2.54 bits per heavy atom. The summed E-state index contributed by atoms with van der Waals surface area (Å²) in [5.74, 6) is -1.87. The Morgan fingerprint density at radius 1 is 1.14 bits per heavy atom. The van der Waals surface area contributed by atoms with Gasteiger partial charge in [-0.1, -0.05) is 45.3 Å². The van der Waals surface area contributed by atoms with Gasteiger partial charge in [-0.15, -0.1) is 4.99 Å². The third-order valence-electron chi connectivity index (χ3n) is 15.0. The highest BCUT2D eigenvalue weighted by Gasteiger charge is 2.68. The molecule has 6 rings (SSSR count). The van der Waals surface area contributed by atoms with Gasteiger partial charge in [0.05, 0.1) is 48.7 Å². The van der Waals surface area contributed by atoms with Gasteiger partial charge in [0.2, 0.25) is 11.7 Å². The lowest BCUT2D eigenvalue weighted by molar-refractivity contribution is -0.682. The first-order valence-electron chi connectivity index (χ1n) is 22.2. The number of amides is 1. The minimum Gasteiger partial charge on any atom is -0.547 e. The molecule has 330 valence electrons. The predicted octanol–water partition coefficient (Wildman–Crippen LogP) is -0.498. The second-order valence-corrected chi connectivity index (χ2v) is 18.6. The standard InChI is InChI=1S/C44H67N3O12/c1-3-27-8-4-5-9-28(27)10-6-7-25(2)30(19-26-17-18-46-21-26)22-47-23-43(55)42(59-38(41(53)54)39(51)44(43,56)24-48)57-32-15-16-33-34(20-32)58-37(40(45)52)35(36(33)50)29-11-13-31(49)14-12-29/h6,10,17-18,21,24-25,27-39,42,47,49-51,55-56H,3-5,7-9,11-16,19-20,22-23H2,1-2H3,(H2-,45,52,53,54)/p+2/t25-,27?,28?,29?,30-,31?,32?,33?,34?,35?,36?,37?,38-,39+,42+,43+,44-/m0/s1. The number of fused-ring (bicyclic) bond motifs is 1. The smallest absolute Gasteiger partial charge is 0.297 e. The minimum absolute atomic E-state index is 0.0315. The summed E-state index contributed by atoms with van der Waals surface area (Å²) in [6.07, 6.45) is 9.28. The maximum Gasteiger partial charge on any atom is 0.297 e. The molecule has 3 aliphatic carbocycles. The fourth-order valence-electron chi connectivity index (χ4n) is 11.3. The summed E-state index contributed by atoms with van der Waals surface area (Å²) in [7, 11) is 0. The van der Waals surface area contributed by atoms with Gasteiger partial charge in [-0.3, -0.25) is 9.59 Å². The topological polar surface area (TPSA) is 262 Å². The molecule has 6 aliphatic rings. The van der Waals surface area contributed by atoms with Crippen LogP contribution in [0.5, 0.6) is 0 Å². The third-order valence-corrected chi connectivity index (χ3v) is 15.0. The van der Waals surface area contributed by atoms with E-state index >= 15 is 0 Å². The van der Waals surface area contributed by atoms with Crippen LogP contribution in [0, 0.1) is 48.0 Å².